The molecule has 1 fully saturated rings. The topological polar surface area (TPSA) is 132 Å². The molecule has 4 aromatic rings. The lowest BCUT2D eigenvalue weighted by Crippen LogP contribution is -2.64. The number of allylic oxidation sites excluding steroid dienone is 1. The second-order valence-corrected chi connectivity index (χ2v) is 17.2. The minimum Gasteiger partial charge on any atom is -0.487 e. The van der Waals surface area contributed by atoms with Crippen LogP contribution in [0.2, 0.25) is 0 Å². The van der Waals surface area contributed by atoms with Crippen molar-refractivity contribution in [2.24, 2.45) is 22.9 Å². The van der Waals surface area contributed by atoms with E-state index in [1.165, 1.54) is 6.92 Å². The van der Waals surface area contributed by atoms with E-state index in [9.17, 15) is 15.0 Å². The number of aromatic nitrogens is 1. The van der Waals surface area contributed by atoms with Crippen LogP contribution in [0.3, 0.4) is 0 Å². The Labute approximate surface area is 358 Å². The zero-order chi connectivity index (χ0) is 41.9. The number of anilines is 1. The van der Waals surface area contributed by atoms with Gasteiger partial charge in [0.25, 0.3) is 0 Å². The molecule has 0 spiro atoms. The Bertz CT molecular complexity index is 2130. The van der Waals surface area contributed by atoms with Crippen molar-refractivity contribution in [2.75, 3.05) is 25.1 Å². The Morgan fingerprint density at radius 1 is 0.983 bits per heavy atom. The standard InChI is InChI=1S/C49H57N3O7S/c1-4-27-57-49-46(60-40-22-19-37(20-23-40)51-34(3)55)30-44(52-58-31-35-14-6-5-7-15-35)42-28-36(16-8-10-25-53)41(18-9-11-26-54)47(48(42)49)43-29-39(21-24-45(43)59-49)56-32-38-17-12-13-33(2)50-38/h4-7,12-15,17,19-24,28-29,36,41,46-48,53-54H,1,8-11,16,18,25-27,30-32H2,2-3H3,(H,51,55)/t36-,41+,46-,47+,48+,49+/m0/s1. The lowest BCUT2D eigenvalue weighted by atomic mass is 9.56. The highest BCUT2D eigenvalue weighted by atomic mass is 32.2. The molecule has 1 aromatic heterocycles. The molecule has 2 heterocycles. The molecule has 1 amide bonds. The van der Waals surface area contributed by atoms with Crippen molar-refractivity contribution in [1.29, 1.82) is 0 Å². The van der Waals surface area contributed by atoms with Gasteiger partial charge < -0.3 is 34.6 Å². The number of nitrogens with one attached hydrogen (secondary N) is 1. The second-order valence-electron chi connectivity index (χ2n) is 15.9. The van der Waals surface area contributed by atoms with Crippen LogP contribution in [0.4, 0.5) is 5.69 Å². The van der Waals surface area contributed by atoms with Crippen molar-refractivity contribution in [3.63, 3.8) is 0 Å². The minimum atomic E-state index is -1.14. The number of hydrogen-bond acceptors (Lipinski definition) is 10. The van der Waals surface area contributed by atoms with Crippen molar-refractivity contribution < 1.29 is 34.1 Å². The van der Waals surface area contributed by atoms with E-state index >= 15 is 0 Å². The van der Waals surface area contributed by atoms with Crippen molar-refractivity contribution in [3.8, 4) is 11.5 Å². The van der Waals surface area contributed by atoms with Gasteiger partial charge in [-0.25, -0.2) is 0 Å². The first kappa shape index (κ1) is 43.2. The predicted molar refractivity (Wildman–Crippen MR) is 236 cm³/mol. The van der Waals surface area contributed by atoms with Crippen LogP contribution in [0.1, 0.15) is 80.3 Å². The molecule has 10 nitrogen and oxygen atoms in total. The summed E-state index contributed by atoms with van der Waals surface area (Å²) in [6.07, 6.45) is 9.59. The number of carbonyl (C=O) groups excluding carboxylic acids is 1. The van der Waals surface area contributed by atoms with Gasteiger partial charge in [-0.3, -0.25) is 9.78 Å². The number of aliphatic hydroxyl groups excluding tert-OH is 2. The monoisotopic (exact) mass is 831 g/mol. The number of thioether (sulfide) groups is 1. The lowest BCUT2D eigenvalue weighted by molar-refractivity contribution is -0.223. The molecule has 0 saturated heterocycles. The van der Waals surface area contributed by atoms with Gasteiger partial charge in [-0.05, 0) is 110 Å². The van der Waals surface area contributed by atoms with Crippen LogP contribution in [-0.2, 0) is 27.6 Å². The highest BCUT2D eigenvalue weighted by Gasteiger charge is 2.64. The number of fused-ring (bicyclic) bond motifs is 2. The molecule has 7 rings (SSSR count). The van der Waals surface area contributed by atoms with Crippen LogP contribution in [0.25, 0.3) is 0 Å². The fraction of sp³-hybridized carbons (Fsp3) is 0.408. The molecule has 0 bridgehead atoms. The van der Waals surface area contributed by atoms with Crippen LogP contribution in [0, 0.1) is 24.7 Å². The summed E-state index contributed by atoms with van der Waals surface area (Å²) < 4.78 is 20.9. The van der Waals surface area contributed by atoms with Crippen LogP contribution in [0.15, 0.2) is 125 Å². The maximum Gasteiger partial charge on any atom is 0.231 e. The average molecular weight is 832 g/mol. The van der Waals surface area contributed by atoms with E-state index in [2.05, 4.69) is 29.0 Å². The van der Waals surface area contributed by atoms with Crippen LogP contribution >= 0.6 is 11.8 Å². The molecule has 3 aromatic carbocycles. The molecule has 1 aliphatic heterocycles. The van der Waals surface area contributed by atoms with Crippen molar-refractivity contribution in [3.05, 3.63) is 138 Å². The highest BCUT2D eigenvalue weighted by molar-refractivity contribution is 8.00. The fourth-order valence-corrected chi connectivity index (χ4v) is 10.4. The van der Waals surface area contributed by atoms with E-state index in [1.54, 1.807) is 17.8 Å². The van der Waals surface area contributed by atoms with E-state index in [-0.39, 0.29) is 54.6 Å². The van der Waals surface area contributed by atoms with Crippen LogP contribution in [-0.4, -0.2) is 57.7 Å². The number of aliphatic hydroxyl groups is 2. The third kappa shape index (κ3) is 10.1. The molecular weight excluding hydrogens is 775 g/mol. The van der Waals surface area contributed by atoms with Crippen LogP contribution < -0.4 is 14.8 Å². The van der Waals surface area contributed by atoms with Gasteiger partial charge in [0.1, 0.15) is 24.7 Å². The van der Waals surface area contributed by atoms with Gasteiger partial charge in [-0.2, -0.15) is 0 Å². The third-order valence-corrected chi connectivity index (χ3v) is 13.0. The van der Waals surface area contributed by atoms with E-state index < -0.39 is 5.79 Å². The van der Waals surface area contributed by atoms with Crippen molar-refractivity contribution in [2.45, 2.75) is 93.9 Å². The number of carbonyl (C=O) groups is 1. The Balaban J connectivity index is 1.37. The predicted octanol–water partition coefficient (Wildman–Crippen LogP) is 9.55. The van der Waals surface area contributed by atoms with Crippen molar-refractivity contribution in [1.82, 2.24) is 4.98 Å². The molecule has 6 atom stereocenters. The lowest BCUT2D eigenvalue weighted by Gasteiger charge is -2.58. The summed E-state index contributed by atoms with van der Waals surface area (Å²) in [6.45, 7) is 8.72. The number of aryl methyl sites for hydroxylation is 1. The normalized spacial score (nSPS) is 23.4. The average Bonchev–Trinajstić information content (AvgIpc) is 3.25. The van der Waals surface area contributed by atoms with E-state index in [0.29, 0.717) is 26.1 Å². The number of amides is 1. The van der Waals surface area contributed by atoms with Gasteiger partial charge in [0.2, 0.25) is 11.7 Å². The molecule has 11 heteroatoms. The zero-order valence-corrected chi connectivity index (χ0v) is 35.4. The van der Waals surface area contributed by atoms with Gasteiger partial charge in [-0.15, -0.1) is 18.3 Å². The number of benzene rings is 3. The minimum absolute atomic E-state index is 0.0816. The Kier molecular flexibility index (Phi) is 14.8. The summed E-state index contributed by atoms with van der Waals surface area (Å²) in [4.78, 5) is 23.7. The molecule has 0 unspecified atom stereocenters. The van der Waals surface area contributed by atoms with E-state index in [0.717, 1.165) is 88.0 Å². The first-order chi connectivity index (χ1) is 29.3. The largest absolute Gasteiger partial charge is 0.487 e. The molecule has 316 valence electrons. The highest BCUT2D eigenvalue weighted by Crippen LogP contribution is 2.63. The molecule has 3 aliphatic rings. The number of ether oxygens (including phenoxy) is 3. The number of nitrogens with zero attached hydrogens (tertiary/aromatic N) is 2. The van der Waals surface area contributed by atoms with Gasteiger partial charge in [0.05, 0.1) is 29.2 Å². The second kappa shape index (κ2) is 20.5. The number of hydrogen-bond donors (Lipinski definition) is 3. The summed E-state index contributed by atoms with van der Waals surface area (Å²) in [5.74, 6) is 0.129. The maximum absolute atomic E-state index is 11.8. The quantitative estimate of drug-likeness (QED) is 0.0453. The van der Waals surface area contributed by atoms with Crippen LogP contribution in [0.5, 0.6) is 11.5 Å². The van der Waals surface area contributed by atoms with Gasteiger partial charge >= 0.3 is 0 Å². The van der Waals surface area contributed by atoms with Crippen molar-refractivity contribution >= 4 is 29.1 Å². The molecule has 60 heavy (non-hydrogen) atoms. The smallest absolute Gasteiger partial charge is 0.231 e. The summed E-state index contributed by atoms with van der Waals surface area (Å²) in [7, 11) is 0. The summed E-state index contributed by atoms with van der Waals surface area (Å²) in [6, 6.07) is 30.0. The first-order valence-corrected chi connectivity index (χ1v) is 22.0. The van der Waals surface area contributed by atoms with Gasteiger partial charge in [0.15, 0.2) is 0 Å². The Morgan fingerprint density at radius 3 is 2.50 bits per heavy atom. The molecule has 0 radical (unpaired) electrons. The molecule has 3 N–H and O–H groups in total. The maximum atomic E-state index is 11.8. The third-order valence-electron chi connectivity index (χ3n) is 11.7. The number of pyridine rings is 1. The number of oxime groups is 1. The summed E-state index contributed by atoms with van der Waals surface area (Å²) in [5, 5.41) is 27.4. The molecule has 2 aliphatic carbocycles. The fourth-order valence-electron chi connectivity index (χ4n) is 9.09. The zero-order valence-electron chi connectivity index (χ0n) is 34.6. The molecule has 1 saturated carbocycles. The first-order valence-electron chi connectivity index (χ1n) is 21.2. The Hall–Kier alpha value is -4.94. The summed E-state index contributed by atoms with van der Waals surface area (Å²) >= 11 is 1.67. The number of rotatable bonds is 20. The Morgan fingerprint density at radius 2 is 1.77 bits per heavy atom. The van der Waals surface area contributed by atoms with E-state index in [4.69, 9.17) is 24.2 Å². The molecular formula is C49H57N3O7S. The number of unbranched alkanes of at least 4 members (excludes halogenated alkanes) is 2. The van der Waals surface area contributed by atoms with Gasteiger partial charge in [-0.1, -0.05) is 66.5 Å². The summed E-state index contributed by atoms with van der Waals surface area (Å²) in [5.41, 5.74) is 6.50. The SMILES string of the molecule is C=CCO[C@@]12Oc3ccc(OCc4cccc(C)n4)cc3[C@H]3[C@H](CCCCO)[C@@H](CCCCO)C=C(C(=NOCc4ccccc4)C[C@@H]1Sc1ccc(NC(C)=O)cc1)[C@H]32. The van der Waals surface area contributed by atoms with E-state index in [1.807, 2.05) is 91.9 Å². The van der Waals surface area contributed by atoms with Gasteiger partial charge in [0, 0.05) is 54.3 Å².